The summed E-state index contributed by atoms with van der Waals surface area (Å²) in [6.07, 6.45) is 0.115. The van der Waals surface area contributed by atoms with Gasteiger partial charge in [-0.1, -0.05) is 42.0 Å². The molecule has 3 aromatic rings. The largest absolute Gasteiger partial charge is 0.481 e. The molecule has 0 bridgehead atoms. The van der Waals surface area contributed by atoms with Crippen molar-refractivity contribution in [1.82, 2.24) is 4.68 Å². The second kappa shape index (κ2) is 9.09. The Bertz CT molecular complexity index is 1080. The van der Waals surface area contributed by atoms with Gasteiger partial charge in [0.1, 0.15) is 0 Å². The van der Waals surface area contributed by atoms with E-state index in [0.29, 0.717) is 17.1 Å². The summed E-state index contributed by atoms with van der Waals surface area (Å²) in [5.74, 6) is -2.60. The minimum Gasteiger partial charge on any atom is -0.481 e. The lowest BCUT2D eigenvalue weighted by Crippen LogP contribution is -2.35. The first kappa shape index (κ1) is 20.9. The number of carbonyl (C=O) groups excluding carboxylic acids is 2. The fraction of sp³-hybridized carbons (Fsp3) is 0.174. The van der Waals surface area contributed by atoms with Crippen LogP contribution >= 0.6 is 0 Å². The zero-order chi connectivity index (χ0) is 21.7. The van der Waals surface area contributed by atoms with Gasteiger partial charge in [-0.3, -0.25) is 24.5 Å². The van der Waals surface area contributed by atoms with Crippen molar-refractivity contribution in [1.29, 1.82) is 0 Å². The van der Waals surface area contributed by atoms with Gasteiger partial charge in [-0.25, -0.2) is 0 Å². The van der Waals surface area contributed by atoms with E-state index in [2.05, 4.69) is 10.7 Å². The van der Waals surface area contributed by atoms with Crippen LogP contribution in [0, 0.1) is 13.8 Å². The van der Waals surface area contributed by atoms with Gasteiger partial charge >= 0.3 is 17.8 Å². The number of amides is 2. The van der Waals surface area contributed by atoms with Crippen molar-refractivity contribution < 1.29 is 19.5 Å². The Kier molecular flexibility index (Phi) is 6.32. The van der Waals surface area contributed by atoms with Crippen LogP contribution in [-0.4, -0.2) is 27.6 Å². The molecule has 7 heteroatoms. The first-order valence-electron chi connectivity index (χ1n) is 9.52. The normalized spacial score (nSPS) is 10.5. The molecule has 1 aromatic heterocycles. The number of aromatic nitrogens is 1. The minimum atomic E-state index is -0.942. The molecule has 0 aliphatic heterocycles. The summed E-state index contributed by atoms with van der Waals surface area (Å²) < 4.78 is 1.48. The number of aliphatic carboxylic acids is 1. The third kappa shape index (κ3) is 5.14. The van der Waals surface area contributed by atoms with Crippen LogP contribution in [-0.2, 0) is 20.8 Å². The maximum atomic E-state index is 12.6. The molecule has 1 heterocycles. The molecule has 0 aliphatic rings. The lowest BCUT2D eigenvalue weighted by Gasteiger charge is -2.15. The number of rotatable bonds is 6. The number of carboxylic acids is 1. The molecule has 0 atom stereocenters. The van der Waals surface area contributed by atoms with Crippen LogP contribution in [0.1, 0.15) is 23.2 Å². The second-order valence-corrected chi connectivity index (χ2v) is 7.07. The number of hydrogen-bond acceptors (Lipinski definition) is 3. The molecular weight excluding hydrogens is 382 g/mol. The predicted molar refractivity (Wildman–Crippen MR) is 115 cm³/mol. The first-order chi connectivity index (χ1) is 14.3. The van der Waals surface area contributed by atoms with Crippen LogP contribution in [0.15, 0.2) is 60.7 Å². The Balaban J connectivity index is 1.85. The first-order valence-corrected chi connectivity index (χ1v) is 9.52. The van der Waals surface area contributed by atoms with E-state index in [9.17, 15) is 14.4 Å². The van der Waals surface area contributed by atoms with Crippen LogP contribution in [0.4, 0.5) is 5.69 Å². The maximum absolute atomic E-state index is 12.6. The maximum Gasteiger partial charge on any atom is 0.328 e. The van der Waals surface area contributed by atoms with E-state index in [-0.39, 0.29) is 12.8 Å². The zero-order valence-electron chi connectivity index (χ0n) is 16.8. The number of hydrogen-bond donors (Lipinski definition) is 3. The van der Waals surface area contributed by atoms with Gasteiger partial charge in [0.05, 0.1) is 12.1 Å². The van der Waals surface area contributed by atoms with Crippen molar-refractivity contribution in [2.45, 2.75) is 26.7 Å². The SMILES string of the molecule is Cc1ccc(-c2ccc(CCC(=O)O)n2NC(=O)C(=O)Nc2cccc(C)c2)cc1. The van der Waals surface area contributed by atoms with Gasteiger partial charge in [-0.2, -0.15) is 0 Å². The molecule has 0 radical (unpaired) electrons. The highest BCUT2D eigenvalue weighted by Crippen LogP contribution is 2.23. The number of carboxylic acid groups (broad SMARTS) is 1. The van der Waals surface area contributed by atoms with Gasteiger partial charge in [0, 0.05) is 23.4 Å². The number of nitrogens with zero attached hydrogens (tertiary/aromatic N) is 1. The Morgan fingerprint density at radius 2 is 1.63 bits per heavy atom. The number of nitrogens with one attached hydrogen (secondary N) is 2. The highest BCUT2D eigenvalue weighted by Gasteiger charge is 2.19. The fourth-order valence-corrected chi connectivity index (χ4v) is 3.05. The average molecular weight is 405 g/mol. The molecule has 0 saturated carbocycles. The molecule has 30 heavy (non-hydrogen) atoms. The summed E-state index contributed by atoms with van der Waals surface area (Å²) in [7, 11) is 0. The van der Waals surface area contributed by atoms with Gasteiger partial charge in [0.2, 0.25) is 0 Å². The average Bonchev–Trinajstić information content (AvgIpc) is 3.09. The van der Waals surface area contributed by atoms with Gasteiger partial charge in [0.25, 0.3) is 0 Å². The number of aryl methyl sites for hydroxylation is 3. The Hall–Kier alpha value is -3.87. The van der Waals surface area contributed by atoms with Crippen molar-refractivity contribution in [3.63, 3.8) is 0 Å². The topological polar surface area (TPSA) is 100 Å². The molecule has 0 saturated heterocycles. The second-order valence-electron chi connectivity index (χ2n) is 7.07. The van der Waals surface area contributed by atoms with E-state index in [1.54, 1.807) is 30.3 Å². The Labute approximate surface area is 174 Å². The Morgan fingerprint density at radius 3 is 2.30 bits per heavy atom. The summed E-state index contributed by atoms with van der Waals surface area (Å²) in [6, 6.07) is 18.4. The predicted octanol–water partition coefficient (Wildman–Crippen LogP) is 3.50. The van der Waals surface area contributed by atoms with Crippen molar-refractivity contribution in [2.24, 2.45) is 0 Å². The number of anilines is 1. The van der Waals surface area contributed by atoms with Gasteiger partial charge in [-0.05, 0) is 43.7 Å². The molecule has 2 aromatic carbocycles. The molecule has 3 N–H and O–H groups in total. The van der Waals surface area contributed by atoms with E-state index in [0.717, 1.165) is 16.7 Å². The molecule has 0 spiro atoms. The van der Waals surface area contributed by atoms with Crippen molar-refractivity contribution in [3.8, 4) is 11.3 Å². The third-order valence-electron chi connectivity index (χ3n) is 4.60. The van der Waals surface area contributed by atoms with E-state index >= 15 is 0 Å². The van der Waals surface area contributed by atoms with Crippen LogP contribution in [0.3, 0.4) is 0 Å². The summed E-state index contributed by atoms with van der Waals surface area (Å²) >= 11 is 0. The third-order valence-corrected chi connectivity index (χ3v) is 4.60. The lowest BCUT2D eigenvalue weighted by molar-refractivity contribution is -0.137. The quantitative estimate of drug-likeness (QED) is 0.547. The molecule has 3 rings (SSSR count). The molecule has 154 valence electrons. The fourth-order valence-electron chi connectivity index (χ4n) is 3.05. The molecule has 0 fully saturated rings. The van der Waals surface area contributed by atoms with Crippen LogP contribution < -0.4 is 10.7 Å². The molecule has 0 unspecified atom stereocenters. The zero-order valence-corrected chi connectivity index (χ0v) is 16.8. The van der Waals surface area contributed by atoms with E-state index < -0.39 is 17.8 Å². The summed E-state index contributed by atoms with van der Waals surface area (Å²) in [6.45, 7) is 3.86. The number of carbonyl (C=O) groups is 3. The van der Waals surface area contributed by atoms with Crippen LogP contribution in [0.2, 0.25) is 0 Å². The van der Waals surface area contributed by atoms with E-state index in [1.807, 2.05) is 44.2 Å². The standard InChI is InChI=1S/C23H23N3O4/c1-15-6-8-17(9-7-15)20-12-10-19(11-13-21(27)28)26(20)25-23(30)22(29)24-18-5-3-4-16(2)14-18/h3-10,12,14H,11,13H2,1-2H3,(H,24,29)(H,25,30)(H,27,28). The highest BCUT2D eigenvalue weighted by molar-refractivity contribution is 6.42. The van der Waals surface area contributed by atoms with Crippen LogP contribution in [0.5, 0.6) is 0 Å². The van der Waals surface area contributed by atoms with Gasteiger partial charge in [0.15, 0.2) is 0 Å². The summed E-state index contributed by atoms with van der Waals surface area (Å²) in [4.78, 5) is 36.0. The van der Waals surface area contributed by atoms with E-state index in [1.165, 1.54) is 4.68 Å². The van der Waals surface area contributed by atoms with Crippen molar-refractivity contribution in [3.05, 3.63) is 77.5 Å². The van der Waals surface area contributed by atoms with Gasteiger partial charge < -0.3 is 10.4 Å². The molecular formula is C23H23N3O4. The van der Waals surface area contributed by atoms with Gasteiger partial charge in [-0.15, -0.1) is 0 Å². The Morgan fingerprint density at radius 1 is 0.900 bits per heavy atom. The molecule has 0 aliphatic carbocycles. The van der Waals surface area contributed by atoms with Crippen molar-refractivity contribution >= 4 is 23.5 Å². The molecule has 7 nitrogen and oxygen atoms in total. The lowest BCUT2D eigenvalue weighted by atomic mass is 10.1. The van der Waals surface area contributed by atoms with Crippen LogP contribution in [0.25, 0.3) is 11.3 Å². The monoisotopic (exact) mass is 405 g/mol. The summed E-state index contributed by atoms with van der Waals surface area (Å²) in [5.41, 5.74) is 7.25. The molecule has 2 amide bonds. The highest BCUT2D eigenvalue weighted by atomic mass is 16.4. The number of benzene rings is 2. The van der Waals surface area contributed by atoms with Crippen molar-refractivity contribution in [2.75, 3.05) is 10.7 Å². The smallest absolute Gasteiger partial charge is 0.328 e. The minimum absolute atomic E-state index is 0.0945. The van der Waals surface area contributed by atoms with E-state index in [4.69, 9.17) is 5.11 Å². The summed E-state index contributed by atoms with van der Waals surface area (Å²) in [5, 5.41) is 11.6.